The van der Waals surface area contributed by atoms with Gasteiger partial charge in [0.2, 0.25) is 0 Å². The molecule has 2 heterocycles. The van der Waals surface area contributed by atoms with Gasteiger partial charge in [0.1, 0.15) is 6.54 Å². The van der Waals surface area contributed by atoms with Crippen molar-refractivity contribution >= 4 is 17.6 Å². The minimum absolute atomic E-state index is 0.140. The third-order valence-corrected chi connectivity index (χ3v) is 4.13. The van der Waals surface area contributed by atoms with Gasteiger partial charge in [-0.15, -0.1) is 0 Å². The molecule has 29 heavy (non-hydrogen) atoms. The second kappa shape index (κ2) is 8.80. The highest BCUT2D eigenvalue weighted by Gasteiger charge is 2.18. The van der Waals surface area contributed by atoms with Crippen LogP contribution in [0.25, 0.3) is 5.82 Å². The zero-order chi connectivity index (χ0) is 20.8. The summed E-state index contributed by atoms with van der Waals surface area (Å²) < 4.78 is 6.78. The molecule has 0 unspecified atom stereocenters. The van der Waals surface area contributed by atoms with Crippen molar-refractivity contribution in [3.05, 3.63) is 71.7 Å². The molecule has 0 bridgehead atoms. The Bertz CT molecular complexity index is 1050. The zero-order valence-corrected chi connectivity index (χ0v) is 16.1. The summed E-state index contributed by atoms with van der Waals surface area (Å²) >= 11 is 0. The summed E-state index contributed by atoms with van der Waals surface area (Å²) in [5.74, 6) is -0.582. The molecular weight excluding hydrogens is 370 g/mol. The van der Waals surface area contributed by atoms with Crippen molar-refractivity contribution in [2.45, 2.75) is 13.8 Å². The fourth-order valence-electron chi connectivity index (χ4n) is 2.78. The van der Waals surface area contributed by atoms with E-state index in [2.05, 4.69) is 10.1 Å². The van der Waals surface area contributed by atoms with Crippen LogP contribution in [-0.2, 0) is 9.53 Å². The van der Waals surface area contributed by atoms with Gasteiger partial charge < -0.3 is 4.74 Å². The molecule has 0 N–H and O–H groups in total. The number of carbonyl (C=O) groups excluding carboxylic acids is 2. The fourth-order valence-corrected chi connectivity index (χ4v) is 2.78. The number of nitriles is 1. The second-order valence-electron chi connectivity index (χ2n) is 6.29. The molecule has 8 heteroatoms. The SMILES string of the molecule is Cc1cc(C)n(-c2ccc(C(=O)OCC(=O)N(CC#N)c3ccccc3)cn2)n1. The number of para-hydroxylation sites is 1. The molecule has 8 nitrogen and oxygen atoms in total. The number of esters is 1. The van der Waals surface area contributed by atoms with Crippen LogP contribution in [0, 0.1) is 25.2 Å². The predicted octanol–water partition coefficient (Wildman–Crippen LogP) is 2.60. The van der Waals surface area contributed by atoms with Crippen LogP contribution < -0.4 is 4.90 Å². The fraction of sp³-hybridized carbons (Fsp3) is 0.190. The van der Waals surface area contributed by atoms with Crippen molar-refractivity contribution in [2.24, 2.45) is 0 Å². The van der Waals surface area contributed by atoms with Crippen molar-refractivity contribution < 1.29 is 14.3 Å². The van der Waals surface area contributed by atoms with E-state index in [4.69, 9.17) is 10.00 Å². The minimum atomic E-state index is -0.671. The average molecular weight is 389 g/mol. The average Bonchev–Trinajstić information content (AvgIpc) is 3.08. The summed E-state index contributed by atoms with van der Waals surface area (Å²) in [5, 5.41) is 13.3. The highest BCUT2D eigenvalue weighted by molar-refractivity contribution is 5.97. The van der Waals surface area contributed by atoms with Crippen LogP contribution in [0.1, 0.15) is 21.7 Å². The van der Waals surface area contributed by atoms with E-state index in [1.807, 2.05) is 26.0 Å². The summed E-state index contributed by atoms with van der Waals surface area (Å²) in [4.78, 5) is 30.2. The Balaban J connectivity index is 1.65. The maximum atomic E-state index is 12.4. The summed E-state index contributed by atoms with van der Waals surface area (Å²) in [6, 6.07) is 15.8. The maximum Gasteiger partial charge on any atom is 0.340 e. The molecule has 0 aliphatic rings. The van der Waals surface area contributed by atoms with E-state index in [1.165, 1.54) is 11.1 Å². The molecule has 0 atom stereocenters. The Morgan fingerprint density at radius 2 is 1.93 bits per heavy atom. The standard InChI is InChI=1S/C21H19N5O3/c1-15-12-16(2)26(24-15)19-9-8-17(13-23-19)21(28)29-14-20(27)25(11-10-22)18-6-4-3-5-7-18/h3-9,12-13H,11,14H2,1-2H3. The van der Waals surface area contributed by atoms with Crippen molar-refractivity contribution in [3.8, 4) is 11.9 Å². The molecule has 3 aromatic rings. The van der Waals surface area contributed by atoms with E-state index in [1.54, 1.807) is 47.1 Å². The van der Waals surface area contributed by atoms with Crippen molar-refractivity contribution in [1.29, 1.82) is 5.26 Å². The first-order valence-corrected chi connectivity index (χ1v) is 8.89. The summed E-state index contributed by atoms with van der Waals surface area (Å²) in [5.41, 5.74) is 2.57. The first-order chi connectivity index (χ1) is 14.0. The molecule has 0 aliphatic carbocycles. The Kier molecular flexibility index (Phi) is 6.00. The monoisotopic (exact) mass is 389 g/mol. The van der Waals surface area contributed by atoms with Gasteiger partial charge in [-0.05, 0) is 44.2 Å². The number of amides is 1. The van der Waals surface area contributed by atoms with Crippen LogP contribution in [0.2, 0.25) is 0 Å². The van der Waals surface area contributed by atoms with Crippen molar-refractivity contribution in [3.63, 3.8) is 0 Å². The van der Waals surface area contributed by atoms with Gasteiger partial charge in [-0.3, -0.25) is 9.69 Å². The lowest BCUT2D eigenvalue weighted by Crippen LogP contribution is -2.35. The van der Waals surface area contributed by atoms with Gasteiger partial charge in [0, 0.05) is 17.6 Å². The van der Waals surface area contributed by atoms with Gasteiger partial charge in [0.25, 0.3) is 5.91 Å². The molecule has 1 aromatic carbocycles. The van der Waals surface area contributed by atoms with E-state index >= 15 is 0 Å². The Morgan fingerprint density at radius 3 is 2.52 bits per heavy atom. The smallest absolute Gasteiger partial charge is 0.340 e. The van der Waals surface area contributed by atoms with Gasteiger partial charge in [0.05, 0.1) is 17.3 Å². The number of rotatable bonds is 6. The second-order valence-corrected chi connectivity index (χ2v) is 6.29. The molecule has 146 valence electrons. The number of carbonyl (C=O) groups is 2. The molecular formula is C21H19N5O3. The highest BCUT2D eigenvalue weighted by atomic mass is 16.5. The molecule has 1 amide bonds. The third-order valence-electron chi connectivity index (χ3n) is 4.13. The molecule has 2 aromatic heterocycles. The van der Waals surface area contributed by atoms with Crippen LogP contribution in [0.4, 0.5) is 5.69 Å². The van der Waals surface area contributed by atoms with E-state index in [0.717, 1.165) is 11.4 Å². The number of aromatic nitrogens is 3. The van der Waals surface area contributed by atoms with Crippen LogP contribution in [-0.4, -0.2) is 39.8 Å². The lowest BCUT2D eigenvalue weighted by Gasteiger charge is -2.19. The lowest BCUT2D eigenvalue weighted by atomic mass is 10.2. The summed E-state index contributed by atoms with van der Waals surface area (Å²) in [6.07, 6.45) is 1.38. The lowest BCUT2D eigenvalue weighted by molar-refractivity contribution is -0.121. The van der Waals surface area contributed by atoms with Gasteiger partial charge in [-0.2, -0.15) is 10.4 Å². The number of hydrogen-bond donors (Lipinski definition) is 0. The predicted molar refractivity (Wildman–Crippen MR) is 106 cm³/mol. The van der Waals surface area contributed by atoms with E-state index in [-0.39, 0.29) is 12.1 Å². The molecule has 3 rings (SSSR count). The maximum absolute atomic E-state index is 12.4. The van der Waals surface area contributed by atoms with Crippen molar-refractivity contribution in [1.82, 2.24) is 14.8 Å². The number of nitrogens with zero attached hydrogens (tertiary/aromatic N) is 5. The van der Waals surface area contributed by atoms with Crippen LogP contribution in [0.5, 0.6) is 0 Å². The van der Waals surface area contributed by atoms with Crippen LogP contribution in [0.3, 0.4) is 0 Å². The van der Waals surface area contributed by atoms with Gasteiger partial charge in [0.15, 0.2) is 12.4 Å². The quantitative estimate of drug-likeness (QED) is 0.474. The third kappa shape index (κ3) is 4.65. The van der Waals surface area contributed by atoms with Crippen molar-refractivity contribution in [2.75, 3.05) is 18.1 Å². The number of pyridine rings is 1. The minimum Gasteiger partial charge on any atom is -0.452 e. The molecule has 0 aliphatic heterocycles. The van der Waals surface area contributed by atoms with E-state index in [0.29, 0.717) is 11.5 Å². The van der Waals surface area contributed by atoms with E-state index in [9.17, 15) is 9.59 Å². The van der Waals surface area contributed by atoms with Crippen LogP contribution in [0.15, 0.2) is 54.7 Å². The zero-order valence-electron chi connectivity index (χ0n) is 16.1. The molecule has 0 saturated carbocycles. The first kappa shape index (κ1) is 19.8. The number of anilines is 1. The molecule has 0 fully saturated rings. The number of benzene rings is 1. The number of ether oxygens (including phenoxy) is 1. The van der Waals surface area contributed by atoms with Gasteiger partial charge >= 0.3 is 5.97 Å². The largest absolute Gasteiger partial charge is 0.452 e. The summed E-state index contributed by atoms with van der Waals surface area (Å²) in [6.45, 7) is 3.18. The van der Waals surface area contributed by atoms with Crippen LogP contribution >= 0.6 is 0 Å². The first-order valence-electron chi connectivity index (χ1n) is 8.89. The molecule has 0 spiro atoms. The Labute approximate surface area is 168 Å². The van der Waals surface area contributed by atoms with E-state index < -0.39 is 18.5 Å². The Hall–Kier alpha value is -3.99. The normalized spacial score (nSPS) is 10.2. The highest BCUT2D eigenvalue weighted by Crippen LogP contribution is 2.14. The number of hydrogen-bond acceptors (Lipinski definition) is 6. The molecule has 0 radical (unpaired) electrons. The van der Waals surface area contributed by atoms with Gasteiger partial charge in [-0.1, -0.05) is 18.2 Å². The Morgan fingerprint density at radius 1 is 1.17 bits per heavy atom. The summed E-state index contributed by atoms with van der Waals surface area (Å²) in [7, 11) is 0. The van der Waals surface area contributed by atoms with Gasteiger partial charge in [-0.25, -0.2) is 14.5 Å². The number of aryl methyl sites for hydroxylation is 2. The molecule has 0 saturated heterocycles. The topological polar surface area (TPSA) is 101 Å².